The van der Waals surface area contributed by atoms with Gasteiger partial charge in [-0.3, -0.25) is 0 Å². The second-order valence-electron chi connectivity index (χ2n) is 5.76. The van der Waals surface area contributed by atoms with Crippen LogP contribution in [0.3, 0.4) is 0 Å². The van der Waals surface area contributed by atoms with E-state index in [0.29, 0.717) is 18.1 Å². The first kappa shape index (κ1) is 12.5. The number of fused-ring (bicyclic) bond motifs is 2. The van der Waals surface area contributed by atoms with Gasteiger partial charge in [0, 0.05) is 23.8 Å². The lowest BCUT2D eigenvalue weighted by molar-refractivity contribution is 0.252. The van der Waals surface area contributed by atoms with E-state index >= 15 is 0 Å². The zero-order valence-corrected chi connectivity index (χ0v) is 11.5. The van der Waals surface area contributed by atoms with Gasteiger partial charge in [-0.05, 0) is 57.4 Å². The SMILES string of the molecule is CNC1CC2CCCC(C1)N2c1cccc(C#N)c1. The van der Waals surface area contributed by atoms with Gasteiger partial charge in [0.05, 0.1) is 11.6 Å². The number of benzene rings is 1. The first-order valence-corrected chi connectivity index (χ1v) is 7.27. The van der Waals surface area contributed by atoms with E-state index in [1.54, 1.807) is 0 Å². The number of nitrogens with one attached hydrogen (secondary N) is 1. The van der Waals surface area contributed by atoms with Crippen LogP contribution in [0, 0.1) is 11.3 Å². The zero-order valence-electron chi connectivity index (χ0n) is 11.5. The summed E-state index contributed by atoms with van der Waals surface area (Å²) < 4.78 is 0. The van der Waals surface area contributed by atoms with Crippen molar-refractivity contribution in [1.29, 1.82) is 5.26 Å². The topological polar surface area (TPSA) is 39.1 Å². The van der Waals surface area contributed by atoms with Crippen LogP contribution in [-0.2, 0) is 0 Å². The molecule has 100 valence electrons. The smallest absolute Gasteiger partial charge is 0.0992 e. The number of nitrogens with zero attached hydrogens (tertiary/aromatic N) is 2. The van der Waals surface area contributed by atoms with Crippen molar-refractivity contribution in [3.8, 4) is 6.07 Å². The number of nitriles is 1. The van der Waals surface area contributed by atoms with Crippen molar-refractivity contribution in [3.05, 3.63) is 29.8 Å². The summed E-state index contributed by atoms with van der Waals surface area (Å²) in [7, 11) is 2.08. The molecule has 2 aliphatic heterocycles. The van der Waals surface area contributed by atoms with Gasteiger partial charge in [-0.1, -0.05) is 6.07 Å². The van der Waals surface area contributed by atoms with E-state index in [4.69, 9.17) is 5.26 Å². The Morgan fingerprint density at radius 1 is 1.26 bits per heavy atom. The molecule has 2 unspecified atom stereocenters. The van der Waals surface area contributed by atoms with Crippen molar-refractivity contribution in [2.75, 3.05) is 11.9 Å². The molecule has 2 bridgehead atoms. The first-order chi connectivity index (χ1) is 9.31. The van der Waals surface area contributed by atoms with Crippen molar-refractivity contribution in [1.82, 2.24) is 5.32 Å². The van der Waals surface area contributed by atoms with E-state index in [1.165, 1.54) is 37.8 Å². The molecule has 0 spiro atoms. The second-order valence-corrected chi connectivity index (χ2v) is 5.76. The molecule has 0 saturated carbocycles. The normalized spacial score (nSPS) is 29.9. The van der Waals surface area contributed by atoms with Gasteiger partial charge in [-0.2, -0.15) is 5.26 Å². The first-order valence-electron chi connectivity index (χ1n) is 7.27. The Bertz CT molecular complexity index is 477. The molecule has 1 N–H and O–H groups in total. The number of piperidine rings is 2. The fourth-order valence-electron chi connectivity index (χ4n) is 3.77. The molecule has 3 nitrogen and oxygen atoms in total. The Morgan fingerprint density at radius 2 is 2.00 bits per heavy atom. The van der Waals surface area contributed by atoms with Crippen LogP contribution in [0.1, 0.15) is 37.7 Å². The highest BCUT2D eigenvalue weighted by atomic mass is 15.2. The predicted molar refractivity (Wildman–Crippen MR) is 77.1 cm³/mol. The molecule has 2 heterocycles. The van der Waals surface area contributed by atoms with Crippen molar-refractivity contribution >= 4 is 5.69 Å². The van der Waals surface area contributed by atoms with Crippen LogP contribution in [0.15, 0.2) is 24.3 Å². The van der Waals surface area contributed by atoms with E-state index in [-0.39, 0.29) is 0 Å². The quantitative estimate of drug-likeness (QED) is 0.883. The molecule has 0 aliphatic carbocycles. The van der Waals surface area contributed by atoms with E-state index in [1.807, 2.05) is 18.2 Å². The van der Waals surface area contributed by atoms with E-state index < -0.39 is 0 Å². The fraction of sp³-hybridized carbons (Fsp3) is 0.562. The summed E-state index contributed by atoms with van der Waals surface area (Å²) in [5.74, 6) is 0. The van der Waals surface area contributed by atoms with Gasteiger partial charge >= 0.3 is 0 Å². The molecule has 0 amide bonds. The number of hydrogen-bond donors (Lipinski definition) is 1. The molecule has 2 aliphatic rings. The van der Waals surface area contributed by atoms with Crippen LogP contribution in [-0.4, -0.2) is 25.2 Å². The molecule has 1 aromatic rings. The molecule has 2 saturated heterocycles. The molecule has 0 aromatic heterocycles. The summed E-state index contributed by atoms with van der Waals surface area (Å²) in [6, 6.07) is 12.3. The lowest BCUT2D eigenvalue weighted by Gasteiger charge is -2.50. The molecule has 2 atom stereocenters. The fourth-order valence-corrected chi connectivity index (χ4v) is 3.77. The highest BCUT2D eigenvalue weighted by Gasteiger charge is 2.37. The average molecular weight is 255 g/mol. The van der Waals surface area contributed by atoms with Crippen LogP contribution in [0.25, 0.3) is 0 Å². The Morgan fingerprint density at radius 3 is 2.63 bits per heavy atom. The summed E-state index contributed by atoms with van der Waals surface area (Å²) in [6.45, 7) is 0. The van der Waals surface area contributed by atoms with Crippen LogP contribution in [0.4, 0.5) is 5.69 Å². The van der Waals surface area contributed by atoms with Crippen LogP contribution >= 0.6 is 0 Å². The Kier molecular flexibility index (Phi) is 3.44. The summed E-state index contributed by atoms with van der Waals surface area (Å²) in [4.78, 5) is 2.58. The Balaban J connectivity index is 1.89. The van der Waals surface area contributed by atoms with E-state index in [0.717, 1.165) is 5.56 Å². The van der Waals surface area contributed by atoms with E-state index in [2.05, 4.69) is 29.4 Å². The monoisotopic (exact) mass is 255 g/mol. The van der Waals surface area contributed by atoms with Crippen molar-refractivity contribution in [3.63, 3.8) is 0 Å². The third kappa shape index (κ3) is 2.33. The minimum Gasteiger partial charge on any atom is -0.365 e. The Hall–Kier alpha value is -1.53. The van der Waals surface area contributed by atoms with Crippen molar-refractivity contribution < 1.29 is 0 Å². The maximum Gasteiger partial charge on any atom is 0.0992 e. The largest absolute Gasteiger partial charge is 0.365 e. The lowest BCUT2D eigenvalue weighted by Crippen LogP contribution is -2.56. The molecule has 3 heteroatoms. The maximum absolute atomic E-state index is 9.06. The van der Waals surface area contributed by atoms with Gasteiger partial charge in [0.25, 0.3) is 0 Å². The molecular formula is C16H21N3. The number of hydrogen-bond acceptors (Lipinski definition) is 3. The summed E-state index contributed by atoms with van der Waals surface area (Å²) in [5.41, 5.74) is 2.01. The van der Waals surface area contributed by atoms with Gasteiger partial charge in [0.15, 0.2) is 0 Å². The summed E-state index contributed by atoms with van der Waals surface area (Å²) in [6.07, 6.45) is 6.37. The number of anilines is 1. The van der Waals surface area contributed by atoms with Crippen LogP contribution in [0.2, 0.25) is 0 Å². The maximum atomic E-state index is 9.06. The standard InChI is InChI=1S/C16H21N3/c1-18-13-9-15-6-3-7-16(10-13)19(15)14-5-2-4-12(8-14)11-17/h2,4-5,8,13,15-16,18H,3,6-7,9-10H2,1H3. The Labute approximate surface area is 115 Å². The summed E-state index contributed by atoms with van der Waals surface area (Å²) >= 11 is 0. The molecule has 3 rings (SSSR count). The van der Waals surface area contributed by atoms with Gasteiger partial charge in [-0.15, -0.1) is 0 Å². The third-order valence-corrected chi connectivity index (χ3v) is 4.66. The van der Waals surface area contributed by atoms with Crippen molar-refractivity contribution in [2.45, 2.75) is 50.2 Å². The lowest BCUT2D eigenvalue weighted by atomic mass is 9.81. The minimum absolute atomic E-state index is 0.638. The van der Waals surface area contributed by atoms with Gasteiger partial charge < -0.3 is 10.2 Å². The third-order valence-electron chi connectivity index (χ3n) is 4.66. The summed E-state index contributed by atoms with van der Waals surface area (Å²) in [5, 5.41) is 12.5. The van der Waals surface area contributed by atoms with Crippen LogP contribution in [0.5, 0.6) is 0 Å². The second kappa shape index (κ2) is 5.22. The molecule has 19 heavy (non-hydrogen) atoms. The van der Waals surface area contributed by atoms with Gasteiger partial charge in [0.1, 0.15) is 0 Å². The number of rotatable bonds is 2. The van der Waals surface area contributed by atoms with Crippen molar-refractivity contribution in [2.24, 2.45) is 0 Å². The average Bonchev–Trinajstić information content (AvgIpc) is 2.46. The molecule has 0 radical (unpaired) electrons. The molecule has 2 fully saturated rings. The highest BCUT2D eigenvalue weighted by Crippen LogP contribution is 2.37. The highest BCUT2D eigenvalue weighted by molar-refractivity contribution is 5.54. The van der Waals surface area contributed by atoms with Gasteiger partial charge in [-0.25, -0.2) is 0 Å². The molecular weight excluding hydrogens is 234 g/mol. The molecule has 1 aromatic carbocycles. The zero-order chi connectivity index (χ0) is 13.2. The predicted octanol–water partition coefficient (Wildman–Crippen LogP) is 2.67. The minimum atomic E-state index is 0.638. The van der Waals surface area contributed by atoms with E-state index in [9.17, 15) is 0 Å². The van der Waals surface area contributed by atoms with Gasteiger partial charge in [0.2, 0.25) is 0 Å². The van der Waals surface area contributed by atoms with Crippen LogP contribution < -0.4 is 10.2 Å².